The number of aryl methyl sites for hydroxylation is 2. The smallest absolute Gasteiger partial charge is 0.256 e. The summed E-state index contributed by atoms with van der Waals surface area (Å²) in [6, 6.07) is 9.85. The standard InChI is InChI=1S/C24H30N6O3/c1-16-12-17(2)29(27-16)14-18(3)28-10-7-20(8-11-28)30-23(6-9-25-30)26-24(31)19-4-5-21-22(13-19)33-15-32-21/h4-6,9,12-13,18,20H,7-8,10-11,14-15H2,1-3H3,(H,26,31)/t18-/m1/s1. The van der Waals surface area contributed by atoms with Crippen LogP contribution >= 0.6 is 0 Å². The van der Waals surface area contributed by atoms with Crippen LogP contribution in [0.2, 0.25) is 0 Å². The molecule has 3 aromatic rings. The van der Waals surface area contributed by atoms with E-state index in [1.165, 1.54) is 5.69 Å². The Kier molecular flexibility index (Phi) is 5.80. The Morgan fingerprint density at radius 3 is 2.70 bits per heavy atom. The molecule has 9 heteroatoms. The molecule has 0 radical (unpaired) electrons. The maximum Gasteiger partial charge on any atom is 0.256 e. The molecule has 5 rings (SSSR count). The molecule has 33 heavy (non-hydrogen) atoms. The molecular weight excluding hydrogens is 420 g/mol. The number of nitrogens with one attached hydrogen (secondary N) is 1. The quantitative estimate of drug-likeness (QED) is 0.620. The van der Waals surface area contributed by atoms with Crippen molar-refractivity contribution in [2.45, 2.75) is 52.2 Å². The lowest BCUT2D eigenvalue weighted by Crippen LogP contribution is -2.42. The fraction of sp³-hybridized carbons (Fsp3) is 0.458. The zero-order chi connectivity index (χ0) is 22.9. The third kappa shape index (κ3) is 4.45. The predicted molar refractivity (Wildman–Crippen MR) is 124 cm³/mol. The van der Waals surface area contributed by atoms with E-state index in [1.54, 1.807) is 24.4 Å². The molecule has 9 nitrogen and oxygen atoms in total. The number of piperidine rings is 1. The van der Waals surface area contributed by atoms with Gasteiger partial charge in [-0.05, 0) is 57.9 Å². The van der Waals surface area contributed by atoms with Crippen LogP contribution in [-0.4, -0.2) is 56.3 Å². The number of hydrogen-bond donors (Lipinski definition) is 1. The van der Waals surface area contributed by atoms with E-state index in [0.29, 0.717) is 28.9 Å². The lowest BCUT2D eigenvalue weighted by molar-refractivity contribution is 0.102. The second-order valence-corrected chi connectivity index (χ2v) is 8.91. The summed E-state index contributed by atoms with van der Waals surface area (Å²) in [4.78, 5) is 15.3. The van der Waals surface area contributed by atoms with Crippen LogP contribution in [0.1, 0.15) is 47.6 Å². The van der Waals surface area contributed by atoms with Crippen LogP contribution < -0.4 is 14.8 Å². The first-order valence-electron chi connectivity index (χ1n) is 11.5. The van der Waals surface area contributed by atoms with Crippen LogP contribution in [0.3, 0.4) is 0 Å². The summed E-state index contributed by atoms with van der Waals surface area (Å²) in [5.74, 6) is 1.78. The Hall–Kier alpha value is -3.33. The van der Waals surface area contributed by atoms with Crippen LogP contribution in [0.5, 0.6) is 11.5 Å². The molecule has 2 aromatic heterocycles. The molecule has 1 N–H and O–H groups in total. The number of hydrogen-bond acceptors (Lipinski definition) is 6. The minimum absolute atomic E-state index is 0.186. The molecule has 0 saturated carbocycles. The number of amides is 1. The number of benzene rings is 1. The number of carbonyl (C=O) groups is 1. The third-order valence-corrected chi connectivity index (χ3v) is 6.56. The molecule has 4 heterocycles. The maximum absolute atomic E-state index is 12.8. The van der Waals surface area contributed by atoms with E-state index in [-0.39, 0.29) is 18.7 Å². The molecule has 1 atom stereocenters. The van der Waals surface area contributed by atoms with Gasteiger partial charge >= 0.3 is 0 Å². The van der Waals surface area contributed by atoms with Gasteiger partial charge in [-0.25, -0.2) is 4.68 Å². The van der Waals surface area contributed by atoms with E-state index in [4.69, 9.17) is 9.47 Å². The number of nitrogens with zero attached hydrogens (tertiary/aromatic N) is 5. The van der Waals surface area contributed by atoms with E-state index in [9.17, 15) is 4.79 Å². The van der Waals surface area contributed by atoms with E-state index >= 15 is 0 Å². The van der Waals surface area contributed by atoms with Crippen molar-refractivity contribution in [1.82, 2.24) is 24.5 Å². The summed E-state index contributed by atoms with van der Waals surface area (Å²) in [6.45, 7) is 9.46. The zero-order valence-corrected chi connectivity index (χ0v) is 19.3. The van der Waals surface area contributed by atoms with Crippen LogP contribution in [0.25, 0.3) is 0 Å². The number of carbonyl (C=O) groups excluding carboxylic acids is 1. The van der Waals surface area contributed by atoms with Gasteiger partial charge in [0, 0.05) is 36.5 Å². The SMILES string of the molecule is Cc1cc(C)n(C[C@@H](C)N2CCC(n3nccc3NC(=O)c3ccc4c(c3)OCO4)CC2)n1. The minimum atomic E-state index is -0.189. The first-order valence-corrected chi connectivity index (χ1v) is 11.5. The Bertz CT molecular complexity index is 1150. The van der Waals surface area contributed by atoms with Crippen molar-refractivity contribution in [1.29, 1.82) is 0 Å². The van der Waals surface area contributed by atoms with Gasteiger partial charge in [-0.3, -0.25) is 14.4 Å². The highest BCUT2D eigenvalue weighted by Crippen LogP contribution is 2.33. The number of aromatic nitrogens is 4. The Morgan fingerprint density at radius 1 is 1.15 bits per heavy atom. The van der Waals surface area contributed by atoms with Crippen molar-refractivity contribution < 1.29 is 14.3 Å². The molecule has 1 saturated heterocycles. The summed E-state index contributed by atoms with van der Waals surface area (Å²) in [5, 5.41) is 12.1. The third-order valence-electron chi connectivity index (χ3n) is 6.56. The van der Waals surface area contributed by atoms with E-state index in [0.717, 1.165) is 38.2 Å². The van der Waals surface area contributed by atoms with Crippen molar-refractivity contribution in [3.05, 3.63) is 53.5 Å². The molecule has 0 bridgehead atoms. The maximum atomic E-state index is 12.8. The van der Waals surface area contributed by atoms with E-state index < -0.39 is 0 Å². The second kappa shape index (κ2) is 8.90. The van der Waals surface area contributed by atoms with Gasteiger partial charge in [0.15, 0.2) is 11.5 Å². The summed E-state index contributed by atoms with van der Waals surface area (Å²) in [5.41, 5.74) is 2.79. The van der Waals surface area contributed by atoms with Crippen LogP contribution in [0.4, 0.5) is 5.82 Å². The number of ether oxygens (including phenoxy) is 2. The van der Waals surface area contributed by atoms with Crippen LogP contribution in [0.15, 0.2) is 36.5 Å². The van der Waals surface area contributed by atoms with Gasteiger partial charge in [-0.2, -0.15) is 10.2 Å². The average Bonchev–Trinajstić information content (AvgIpc) is 3.53. The fourth-order valence-electron chi connectivity index (χ4n) is 4.73. The van der Waals surface area contributed by atoms with Gasteiger partial charge in [-0.1, -0.05) is 0 Å². The molecule has 2 aliphatic rings. The highest BCUT2D eigenvalue weighted by atomic mass is 16.7. The van der Waals surface area contributed by atoms with E-state index in [1.807, 2.05) is 17.7 Å². The van der Waals surface area contributed by atoms with Crippen molar-refractivity contribution >= 4 is 11.7 Å². The summed E-state index contributed by atoms with van der Waals surface area (Å²) >= 11 is 0. The summed E-state index contributed by atoms with van der Waals surface area (Å²) in [6.07, 6.45) is 3.71. The Morgan fingerprint density at radius 2 is 1.94 bits per heavy atom. The molecular formula is C24H30N6O3. The molecule has 2 aliphatic heterocycles. The number of rotatable bonds is 6. The lowest BCUT2D eigenvalue weighted by atomic mass is 10.0. The predicted octanol–water partition coefficient (Wildman–Crippen LogP) is 3.40. The van der Waals surface area contributed by atoms with Gasteiger partial charge in [-0.15, -0.1) is 0 Å². The summed E-state index contributed by atoms with van der Waals surface area (Å²) in [7, 11) is 0. The first-order chi connectivity index (χ1) is 16.0. The second-order valence-electron chi connectivity index (χ2n) is 8.91. The van der Waals surface area contributed by atoms with Crippen molar-refractivity contribution in [3.63, 3.8) is 0 Å². The molecule has 1 fully saturated rings. The monoisotopic (exact) mass is 450 g/mol. The minimum Gasteiger partial charge on any atom is -0.454 e. The van der Waals surface area contributed by atoms with Gasteiger partial charge < -0.3 is 14.8 Å². The molecule has 174 valence electrons. The highest BCUT2D eigenvalue weighted by Gasteiger charge is 2.26. The van der Waals surface area contributed by atoms with Gasteiger partial charge in [0.05, 0.1) is 24.5 Å². The molecule has 1 amide bonds. The first kappa shape index (κ1) is 21.5. The average molecular weight is 451 g/mol. The van der Waals surface area contributed by atoms with Gasteiger partial charge in [0.2, 0.25) is 6.79 Å². The number of fused-ring (bicyclic) bond motifs is 1. The van der Waals surface area contributed by atoms with Crippen LogP contribution in [0, 0.1) is 13.8 Å². The van der Waals surface area contributed by atoms with Gasteiger partial charge in [0.25, 0.3) is 5.91 Å². The summed E-state index contributed by atoms with van der Waals surface area (Å²) < 4.78 is 14.8. The Balaban J connectivity index is 1.19. The normalized spacial score (nSPS) is 17.3. The number of likely N-dealkylation sites (tertiary alicyclic amines) is 1. The van der Waals surface area contributed by atoms with Gasteiger partial charge in [0.1, 0.15) is 5.82 Å². The highest BCUT2D eigenvalue weighted by molar-refractivity contribution is 6.04. The van der Waals surface area contributed by atoms with Crippen molar-refractivity contribution in [3.8, 4) is 11.5 Å². The van der Waals surface area contributed by atoms with Crippen molar-refractivity contribution in [2.75, 3.05) is 25.2 Å². The lowest BCUT2D eigenvalue weighted by Gasteiger charge is -2.36. The molecule has 0 unspecified atom stereocenters. The van der Waals surface area contributed by atoms with E-state index in [2.05, 4.69) is 45.0 Å². The largest absolute Gasteiger partial charge is 0.454 e. The molecule has 0 aliphatic carbocycles. The molecule has 1 aromatic carbocycles. The van der Waals surface area contributed by atoms with Crippen LogP contribution in [-0.2, 0) is 6.54 Å². The zero-order valence-electron chi connectivity index (χ0n) is 19.3. The fourth-order valence-corrected chi connectivity index (χ4v) is 4.73. The number of anilines is 1. The molecule has 0 spiro atoms. The Labute approximate surface area is 193 Å². The topological polar surface area (TPSA) is 86.4 Å². The van der Waals surface area contributed by atoms with Crippen molar-refractivity contribution in [2.24, 2.45) is 0 Å².